The fourth-order valence-corrected chi connectivity index (χ4v) is 4.36. The minimum atomic E-state index is -0.0288. The first kappa shape index (κ1) is 16.8. The van der Waals surface area contributed by atoms with E-state index in [1.165, 1.54) is 0 Å². The molecule has 1 N–H and O–H groups in total. The SMILES string of the molecule is O=c1[nH]c(-c2cccs2)nc2c1CCN(Cc1cc(Cl)cc(Cl)c1)C2. The molecule has 0 saturated heterocycles. The van der Waals surface area contributed by atoms with Crippen molar-refractivity contribution in [3.8, 4) is 10.7 Å². The van der Waals surface area contributed by atoms with Crippen molar-refractivity contribution in [2.24, 2.45) is 0 Å². The van der Waals surface area contributed by atoms with E-state index in [-0.39, 0.29) is 5.56 Å². The van der Waals surface area contributed by atoms with Gasteiger partial charge in [0.25, 0.3) is 5.56 Å². The third kappa shape index (κ3) is 3.65. The van der Waals surface area contributed by atoms with Gasteiger partial charge in [0.15, 0.2) is 5.82 Å². The van der Waals surface area contributed by atoms with Crippen LogP contribution in [0.25, 0.3) is 10.7 Å². The summed E-state index contributed by atoms with van der Waals surface area (Å²) in [5.74, 6) is 0.645. The fraction of sp³-hybridized carbons (Fsp3) is 0.222. The summed E-state index contributed by atoms with van der Waals surface area (Å²) in [6.07, 6.45) is 0.691. The first-order valence-corrected chi connectivity index (χ1v) is 9.55. The topological polar surface area (TPSA) is 49.0 Å². The molecule has 0 fully saturated rings. The van der Waals surface area contributed by atoms with Crippen LogP contribution in [0.3, 0.4) is 0 Å². The highest BCUT2D eigenvalue weighted by atomic mass is 35.5. The van der Waals surface area contributed by atoms with Gasteiger partial charge in [0, 0.05) is 35.2 Å². The van der Waals surface area contributed by atoms with Crippen LogP contribution < -0.4 is 5.56 Å². The third-order valence-electron chi connectivity index (χ3n) is 4.24. The summed E-state index contributed by atoms with van der Waals surface area (Å²) in [6, 6.07) is 9.49. The van der Waals surface area contributed by atoms with Crippen molar-refractivity contribution in [1.29, 1.82) is 0 Å². The predicted octanol–water partition coefficient (Wildman–Crippen LogP) is 4.36. The standard InChI is InChI=1S/C18H15Cl2N3OS/c19-12-6-11(7-13(20)8-12)9-23-4-3-14-15(10-23)21-17(22-18(14)24)16-2-1-5-25-16/h1-2,5-8H,3-4,9-10H2,(H,21,22,24). The van der Waals surface area contributed by atoms with E-state index in [1.54, 1.807) is 17.4 Å². The maximum absolute atomic E-state index is 12.4. The van der Waals surface area contributed by atoms with Crippen LogP contribution in [0.15, 0.2) is 40.5 Å². The van der Waals surface area contributed by atoms with E-state index in [4.69, 9.17) is 28.2 Å². The summed E-state index contributed by atoms with van der Waals surface area (Å²) in [4.78, 5) is 23.2. The van der Waals surface area contributed by atoms with Gasteiger partial charge in [-0.1, -0.05) is 29.3 Å². The number of halogens is 2. The zero-order chi connectivity index (χ0) is 17.4. The number of hydrogen-bond donors (Lipinski definition) is 1. The second-order valence-corrected chi connectivity index (χ2v) is 7.88. The highest BCUT2D eigenvalue weighted by Gasteiger charge is 2.21. The van der Waals surface area contributed by atoms with Crippen molar-refractivity contribution in [2.75, 3.05) is 6.54 Å². The van der Waals surface area contributed by atoms with Gasteiger partial charge >= 0.3 is 0 Å². The van der Waals surface area contributed by atoms with E-state index in [1.807, 2.05) is 29.6 Å². The van der Waals surface area contributed by atoms with Crippen molar-refractivity contribution in [3.63, 3.8) is 0 Å². The quantitative estimate of drug-likeness (QED) is 0.721. The average molecular weight is 392 g/mol. The lowest BCUT2D eigenvalue weighted by molar-refractivity contribution is 0.240. The van der Waals surface area contributed by atoms with Crippen LogP contribution in [0.2, 0.25) is 10.0 Å². The first-order chi connectivity index (χ1) is 12.1. The Morgan fingerprint density at radius 3 is 2.76 bits per heavy atom. The monoisotopic (exact) mass is 391 g/mol. The number of aromatic nitrogens is 2. The molecular weight excluding hydrogens is 377 g/mol. The molecule has 25 heavy (non-hydrogen) atoms. The van der Waals surface area contributed by atoms with E-state index in [2.05, 4.69) is 9.88 Å². The van der Waals surface area contributed by atoms with E-state index < -0.39 is 0 Å². The molecule has 0 radical (unpaired) electrons. The number of nitrogens with zero attached hydrogens (tertiary/aromatic N) is 2. The Labute approximate surface area is 159 Å². The zero-order valence-electron chi connectivity index (χ0n) is 13.3. The number of rotatable bonds is 3. The van der Waals surface area contributed by atoms with Gasteiger partial charge in [0.2, 0.25) is 0 Å². The Bertz CT molecular complexity index is 949. The van der Waals surface area contributed by atoms with Gasteiger partial charge in [0.1, 0.15) is 0 Å². The molecular formula is C18H15Cl2N3OS. The molecule has 2 aromatic heterocycles. The van der Waals surface area contributed by atoms with Crippen LogP contribution in [0.4, 0.5) is 0 Å². The first-order valence-electron chi connectivity index (χ1n) is 7.92. The number of thiophene rings is 1. The molecule has 0 bridgehead atoms. The Kier molecular flexibility index (Phi) is 4.65. The number of nitrogens with one attached hydrogen (secondary N) is 1. The number of fused-ring (bicyclic) bond motifs is 1. The van der Waals surface area contributed by atoms with Gasteiger partial charge in [-0.2, -0.15) is 0 Å². The molecule has 128 valence electrons. The second kappa shape index (κ2) is 6.92. The highest BCUT2D eigenvalue weighted by molar-refractivity contribution is 7.13. The minimum Gasteiger partial charge on any atom is -0.306 e. The van der Waals surface area contributed by atoms with Crippen LogP contribution in [0.1, 0.15) is 16.8 Å². The molecule has 1 aliphatic rings. The average Bonchev–Trinajstić information content (AvgIpc) is 3.08. The molecule has 1 aromatic carbocycles. The van der Waals surface area contributed by atoms with Crippen molar-refractivity contribution in [3.05, 3.63) is 72.9 Å². The van der Waals surface area contributed by atoms with E-state index in [0.717, 1.165) is 34.8 Å². The molecule has 3 aromatic rings. The third-order valence-corrected chi connectivity index (χ3v) is 5.55. The fourth-order valence-electron chi connectivity index (χ4n) is 3.12. The van der Waals surface area contributed by atoms with E-state index >= 15 is 0 Å². The lowest BCUT2D eigenvalue weighted by Crippen LogP contribution is -2.35. The Morgan fingerprint density at radius 1 is 1.24 bits per heavy atom. The van der Waals surface area contributed by atoms with Crippen molar-refractivity contribution in [1.82, 2.24) is 14.9 Å². The van der Waals surface area contributed by atoms with Gasteiger partial charge in [-0.15, -0.1) is 11.3 Å². The molecule has 3 heterocycles. The molecule has 0 atom stereocenters. The van der Waals surface area contributed by atoms with Crippen LogP contribution in [0, 0.1) is 0 Å². The molecule has 1 aliphatic heterocycles. The summed E-state index contributed by atoms with van der Waals surface area (Å²) >= 11 is 13.7. The van der Waals surface area contributed by atoms with Crippen LogP contribution in [0.5, 0.6) is 0 Å². The van der Waals surface area contributed by atoms with E-state index in [0.29, 0.717) is 28.8 Å². The van der Waals surface area contributed by atoms with Gasteiger partial charge in [-0.3, -0.25) is 9.69 Å². The number of benzene rings is 1. The summed E-state index contributed by atoms with van der Waals surface area (Å²) in [5, 5.41) is 3.24. The summed E-state index contributed by atoms with van der Waals surface area (Å²) in [5.41, 5.74) is 2.68. The van der Waals surface area contributed by atoms with Crippen molar-refractivity contribution < 1.29 is 0 Å². The number of hydrogen-bond acceptors (Lipinski definition) is 4. The number of aromatic amines is 1. The molecule has 4 rings (SSSR count). The maximum Gasteiger partial charge on any atom is 0.254 e. The molecule has 0 saturated carbocycles. The molecule has 0 spiro atoms. The van der Waals surface area contributed by atoms with Crippen LogP contribution in [-0.2, 0) is 19.5 Å². The van der Waals surface area contributed by atoms with Gasteiger partial charge in [-0.25, -0.2) is 4.98 Å². The van der Waals surface area contributed by atoms with Gasteiger partial charge < -0.3 is 4.98 Å². The zero-order valence-corrected chi connectivity index (χ0v) is 15.6. The van der Waals surface area contributed by atoms with Crippen LogP contribution in [-0.4, -0.2) is 21.4 Å². The summed E-state index contributed by atoms with van der Waals surface area (Å²) in [7, 11) is 0. The predicted molar refractivity (Wildman–Crippen MR) is 102 cm³/mol. The molecule has 0 unspecified atom stereocenters. The molecule has 7 heteroatoms. The molecule has 0 aliphatic carbocycles. The largest absolute Gasteiger partial charge is 0.306 e. The Balaban J connectivity index is 1.61. The Hall–Kier alpha value is -1.66. The van der Waals surface area contributed by atoms with Crippen molar-refractivity contribution >= 4 is 34.5 Å². The highest BCUT2D eigenvalue weighted by Crippen LogP contribution is 2.24. The summed E-state index contributed by atoms with van der Waals surface area (Å²) < 4.78 is 0. The van der Waals surface area contributed by atoms with Crippen molar-refractivity contribution in [2.45, 2.75) is 19.5 Å². The smallest absolute Gasteiger partial charge is 0.254 e. The molecule has 0 amide bonds. The Morgan fingerprint density at radius 2 is 2.04 bits per heavy atom. The maximum atomic E-state index is 12.4. The normalized spacial score (nSPS) is 14.5. The van der Waals surface area contributed by atoms with Gasteiger partial charge in [0.05, 0.1) is 10.6 Å². The lowest BCUT2D eigenvalue weighted by Gasteiger charge is -2.27. The minimum absolute atomic E-state index is 0.0288. The lowest BCUT2D eigenvalue weighted by atomic mass is 10.1. The second-order valence-electron chi connectivity index (χ2n) is 6.06. The molecule has 4 nitrogen and oxygen atoms in total. The summed E-state index contributed by atoms with van der Waals surface area (Å²) in [6.45, 7) is 2.17. The van der Waals surface area contributed by atoms with Gasteiger partial charge in [-0.05, 0) is 41.6 Å². The van der Waals surface area contributed by atoms with Crippen LogP contribution >= 0.6 is 34.5 Å². The number of H-pyrrole nitrogens is 1. The van der Waals surface area contributed by atoms with E-state index in [9.17, 15) is 4.79 Å².